The maximum atomic E-state index is 13.4. The van der Waals surface area contributed by atoms with Gasteiger partial charge in [0.1, 0.15) is 11.8 Å². The molecule has 1 amide bonds. The minimum absolute atomic E-state index is 0.0139. The van der Waals surface area contributed by atoms with Crippen molar-refractivity contribution in [1.29, 1.82) is 5.26 Å². The van der Waals surface area contributed by atoms with Gasteiger partial charge >= 0.3 is 6.09 Å². The van der Waals surface area contributed by atoms with Gasteiger partial charge in [-0.2, -0.15) is 5.26 Å². The van der Waals surface area contributed by atoms with E-state index in [2.05, 4.69) is 69.4 Å². The van der Waals surface area contributed by atoms with E-state index < -0.39 is 0 Å². The number of benzene rings is 3. The predicted molar refractivity (Wildman–Crippen MR) is 186 cm³/mol. The van der Waals surface area contributed by atoms with E-state index in [1.807, 2.05) is 42.5 Å². The number of piperazine rings is 1. The lowest BCUT2D eigenvalue weighted by atomic mass is 9.97. The van der Waals surface area contributed by atoms with Crippen LogP contribution in [0.4, 0.5) is 16.4 Å². The van der Waals surface area contributed by atoms with Gasteiger partial charge in [-0.1, -0.05) is 86.1 Å². The first-order chi connectivity index (χ1) is 23.4. The van der Waals surface area contributed by atoms with Gasteiger partial charge in [0.15, 0.2) is 6.19 Å². The molecule has 1 unspecified atom stereocenters. The van der Waals surface area contributed by atoms with Crippen molar-refractivity contribution in [3.8, 4) is 17.3 Å². The van der Waals surface area contributed by atoms with E-state index in [9.17, 15) is 10.1 Å². The Morgan fingerprint density at radius 2 is 1.79 bits per heavy atom. The van der Waals surface area contributed by atoms with Crippen LogP contribution in [0.2, 0.25) is 5.15 Å². The minimum atomic E-state index is -0.315. The van der Waals surface area contributed by atoms with Crippen LogP contribution in [0, 0.1) is 17.4 Å². The Morgan fingerprint density at radius 3 is 2.50 bits per heavy atom. The standard InChI is InChI=1S/C37H37ClN8O2/c1-24(2)33-21-44(35-40-16-14-34(38)43-35)18-19-46(33)36(41-23-39)42-32-13-7-8-25-20-45(17-15-26(25)32)37(47)48-22-31-29-11-5-3-9-27(29)28-10-4-6-12-30(28)31/h3-14,16,24,31,33H,15,17-22H2,1-2H3,(H,41,42). The molecule has 11 heteroatoms. The summed E-state index contributed by atoms with van der Waals surface area (Å²) in [7, 11) is 0. The fourth-order valence-electron chi connectivity index (χ4n) is 7.17. The number of hydrogen-bond acceptors (Lipinski definition) is 7. The average Bonchev–Trinajstić information content (AvgIpc) is 3.43. The monoisotopic (exact) mass is 660 g/mol. The molecule has 244 valence electrons. The number of nitrogens with one attached hydrogen (secondary N) is 1. The van der Waals surface area contributed by atoms with Crippen LogP contribution >= 0.6 is 11.6 Å². The van der Waals surface area contributed by atoms with Crippen LogP contribution in [-0.2, 0) is 17.7 Å². The zero-order valence-electron chi connectivity index (χ0n) is 27.0. The molecule has 3 aliphatic rings. The quantitative estimate of drug-likeness (QED) is 0.0868. The number of fused-ring (bicyclic) bond motifs is 4. The van der Waals surface area contributed by atoms with E-state index in [1.165, 1.54) is 22.3 Å². The molecule has 1 aromatic heterocycles. The molecule has 0 saturated carbocycles. The molecular formula is C37H37ClN8O2. The Kier molecular flexibility index (Phi) is 8.87. The summed E-state index contributed by atoms with van der Waals surface area (Å²) in [5.41, 5.74) is 7.69. The molecule has 1 fully saturated rings. The molecule has 1 N–H and O–H groups in total. The maximum Gasteiger partial charge on any atom is 0.410 e. The van der Waals surface area contributed by atoms with Crippen molar-refractivity contribution in [2.75, 3.05) is 37.7 Å². The molecule has 7 rings (SSSR count). The lowest BCUT2D eigenvalue weighted by Crippen LogP contribution is -2.59. The van der Waals surface area contributed by atoms with Crippen molar-refractivity contribution >= 4 is 35.3 Å². The van der Waals surface area contributed by atoms with Gasteiger partial charge in [0.25, 0.3) is 0 Å². The van der Waals surface area contributed by atoms with E-state index in [0.29, 0.717) is 56.2 Å². The third-order valence-electron chi connectivity index (χ3n) is 9.58. The molecule has 3 heterocycles. The summed E-state index contributed by atoms with van der Waals surface area (Å²) in [6.45, 7) is 7.49. The van der Waals surface area contributed by atoms with Crippen LogP contribution in [0.5, 0.6) is 0 Å². The molecule has 0 radical (unpaired) electrons. The van der Waals surface area contributed by atoms with Gasteiger partial charge in [0, 0.05) is 44.8 Å². The second kappa shape index (κ2) is 13.5. The van der Waals surface area contributed by atoms with Gasteiger partial charge in [-0.15, -0.1) is 0 Å². The summed E-state index contributed by atoms with van der Waals surface area (Å²) in [6.07, 6.45) is 4.08. The number of ether oxygens (including phenoxy) is 1. The van der Waals surface area contributed by atoms with E-state index >= 15 is 0 Å². The van der Waals surface area contributed by atoms with E-state index in [0.717, 1.165) is 16.8 Å². The van der Waals surface area contributed by atoms with Crippen LogP contribution in [-0.4, -0.2) is 70.6 Å². The Morgan fingerprint density at radius 1 is 1.04 bits per heavy atom. The summed E-state index contributed by atoms with van der Waals surface area (Å²) in [5, 5.41) is 13.0. The van der Waals surface area contributed by atoms with Gasteiger partial charge in [0.2, 0.25) is 11.9 Å². The molecule has 3 aromatic carbocycles. The molecule has 1 saturated heterocycles. The Bertz CT molecular complexity index is 1860. The average molecular weight is 661 g/mol. The highest BCUT2D eigenvalue weighted by molar-refractivity contribution is 6.29. The third-order valence-corrected chi connectivity index (χ3v) is 9.79. The largest absolute Gasteiger partial charge is 0.448 e. The summed E-state index contributed by atoms with van der Waals surface area (Å²) in [6, 6.07) is 24.4. The molecule has 4 aromatic rings. The highest BCUT2D eigenvalue weighted by Crippen LogP contribution is 2.44. The van der Waals surface area contributed by atoms with E-state index in [1.54, 1.807) is 17.2 Å². The van der Waals surface area contributed by atoms with Gasteiger partial charge in [-0.05, 0) is 57.9 Å². The first-order valence-corrected chi connectivity index (χ1v) is 16.7. The molecule has 48 heavy (non-hydrogen) atoms. The second-order valence-corrected chi connectivity index (χ2v) is 13.1. The number of aliphatic imine (C=N–C) groups is 1. The number of rotatable bonds is 5. The van der Waals surface area contributed by atoms with E-state index in [4.69, 9.17) is 21.3 Å². The Balaban J connectivity index is 1.06. The Hall–Kier alpha value is -5.14. The highest BCUT2D eigenvalue weighted by Gasteiger charge is 2.34. The first-order valence-electron chi connectivity index (χ1n) is 16.4. The molecule has 1 atom stereocenters. The van der Waals surface area contributed by atoms with Crippen LogP contribution in [0.15, 0.2) is 84.0 Å². The normalized spacial score (nSPS) is 17.4. The summed E-state index contributed by atoms with van der Waals surface area (Å²) >= 11 is 6.15. The zero-order chi connectivity index (χ0) is 33.2. The topological polar surface area (TPSA) is 110 Å². The van der Waals surface area contributed by atoms with Crippen LogP contribution in [0.25, 0.3) is 11.1 Å². The second-order valence-electron chi connectivity index (χ2n) is 12.7. The lowest BCUT2D eigenvalue weighted by Gasteiger charge is -2.44. The smallest absolute Gasteiger partial charge is 0.410 e. The van der Waals surface area contributed by atoms with Crippen molar-refractivity contribution in [2.24, 2.45) is 10.9 Å². The van der Waals surface area contributed by atoms with E-state index in [-0.39, 0.29) is 30.6 Å². The first kappa shape index (κ1) is 31.5. The number of hydrogen-bond donors (Lipinski definition) is 1. The number of halogens is 1. The fourth-order valence-corrected chi connectivity index (χ4v) is 7.30. The fraction of sp³-hybridized carbons (Fsp3) is 0.324. The van der Waals surface area contributed by atoms with Crippen molar-refractivity contribution in [1.82, 2.24) is 25.1 Å². The summed E-state index contributed by atoms with van der Waals surface area (Å²) < 4.78 is 5.97. The van der Waals surface area contributed by atoms with Crippen LogP contribution in [0.1, 0.15) is 42.0 Å². The van der Waals surface area contributed by atoms with Crippen molar-refractivity contribution in [3.05, 3.63) is 106 Å². The van der Waals surface area contributed by atoms with Gasteiger partial charge in [-0.3, -0.25) is 5.32 Å². The van der Waals surface area contributed by atoms with Crippen LogP contribution < -0.4 is 10.2 Å². The molecular weight excluding hydrogens is 624 g/mol. The molecule has 1 aliphatic carbocycles. The number of carbonyl (C=O) groups is 1. The number of nitriles is 1. The number of nitrogens with zero attached hydrogens (tertiary/aromatic N) is 7. The molecule has 0 spiro atoms. The minimum Gasteiger partial charge on any atom is -0.448 e. The summed E-state index contributed by atoms with van der Waals surface area (Å²) in [5.74, 6) is 1.38. The number of aromatic nitrogens is 2. The summed E-state index contributed by atoms with van der Waals surface area (Å²) in [4.78, 5) is 33.3. The highest BCUT2D eigenvalue weighted by atomic mass is 35.5. The SMILES string of the molecule is CC(C)C1CN(c2nccc(Cl)n2)CCN1C(=Nc1cccc2c1CCN(C(=O)OCC1c3ccccc3-c3ccccc31)C2)NC#N. The number of anilines is 1. The number of carbonyl (C=O) groups excluding carboxylic acids is 1. The maximum absolute atomic E-state index is 13.4. The lowest BCUT2D eigenvalue weighted by molar-refractivity contribution is 0.0954. The number of guanidine groups is 1. The molecule has 0 bridgehead atoms. The van der Waals surface area contributed by atoms with Crippen molar-refractivity contribution in [3.63, 3.8) is 0 Å². The zero-order valence-corrected chi connectivity index (χ0v) is 27.8. The van der Waals surface area contributed by atoms with Gasteiger partial charge in [-0.25, -0.2) is 19.8 Å². The van der Waals surface area contributed by atoms with Crippen molar-refractivity contribution < 1.29 is 9.53 Å². The third kappa shape index (κ3) is 6.14. The van der Waals surface area contributed by atoms with Crippen LogP contribution in [0.3, 0.4) is 0 Å². The van der Waals surface area contributed by atoms with Gasteiger partial charge in [0.05, 0.1) is 11.7 Å². The van der Waals surface area contributed by atoms with Gasteiger partial charge < -0.3 is 19.4 Å². The molecule has 10 nitrogen and oxygen atoms in total. The number of amides is 1. The van der Waals surface area contributed by atoms with Crippen molar-refractivity contribution in [2.45, 2.75) is 38.8 Å². The molecule has 2 aliphatic heterocycles. The Labute approximate surface area is 285 Å². The predicted octanol–water partition coefficient (Wildman–Crippen LogP) is 6.34.